The van der Waals surface area contributed by atoms with Crippen LogP contribution in [0.25, 0.3) is 0 Å². The molecule has 120 valence electrons. The Balaban J connectivity index is 1.91. The van der Waals surface area contributed by atoms with Crippen LogP contribution in [0.15, 0.2) is 48.5 Å². The molecule has 1 fully saturated rings. The molecule has 23 heavy (non-hydrogen) atoms. The lowest BCUT2D eigenvalue weighted by Gasteiger charge is -2.45. The molecule has 2 aromatic rings. The maximum Gasteiger partial charge on any atom is 0.416 e. The Hall–Kier alpha value is -2.34. The first kappa shape index (κ1) is 15.6. The number of carbonyl (C=O) groups excluding carboxylic acids is 1. The van der Waals surface area contributed by atoms with Crippen molar-refractivity contribution in [1.82, 2.24) is 0 Å². The van der Waals surface area contributed by atoms with E-state index in [1.807, 2.05) is 19.1 Å². The molecule has 2 atom stereocenters. The summed E-state index contributed by atoms with van der Waals surface area (Å²) in [5.41, 5.74) is 7.47. The summed E-state index contributed by atoms with van der Waals surface area (Å²) >= 11 is 0. The lowest BCUT2D eigenvalue weighted by Crippen LogP contribution is -2.63. The Morgan fingerprint density at radius 3 is 2.09 bits per heavy atom. The van der Waals surface area contributed by atoms with Gasteiger partial charge in [0.25, 0.3) is 0 Å². The topological polar surface area (TPSA) is 46.3 Å². The molecule has 2 N–H and O–H groups in total. The van der Waals surface area contributed by atoms with E-state index in [-0.39, 0.29) is 5.91 Å². The van der Waals surface area contributed by atoms with E-state index in [0.717, 1.165) is 17.7 Å². The maximum absolute atomic E-state index is 12.6. The summed E-state index contributed by atoms with van der Waals surface area (Å²) in [6.45, 7) is 1.93. The van der Waals surface area contributed by atoms with Crippen LogP contribution in [0.2, 0.25) is 0 Å². The summed E-state index contributed by atoms with van der Waals surface area (Å²) in [6, 6.07) is 10.9. The summed E-state index contributed by atoms with van der Waals surface area (Å²) in [5, 5.41) is 0. The van der Waals surface area contributed by atoms with Gasteiger partial charge < -0.3 is 10.6 Å². The number of rotatable bonds is 2. The Morgan fingerprint density at radius 1 is 1.00 bits per heavy atom. The summed E-state index contributed by atoms with van der Waals surface area (Å²) in [5.74, 6) is -0.237. The number of nitrogens with zero attached hydrogens (tertiary/aromatic N) is 1. The van der Waals surface area contributed by atoms with Crippen LogP contribution in [-0.4, -0.2) is 11.9 Å². The van der Waals surface area contributed by atoms with E-state index in [9.17, 15) is 18.0 Å². The Kier molecular flexibility index (Phi) is 3.64. The number of β-lactam (4-membered cyclic amide) rings is 1. The van der Waals surface area contributed by atoms with Crippen LogP contribution in [0.5, 0.6) is 0 Å². The van der Waals surface area contributed by atoms with E-state index in [2.05, 4.69) is 0 Å². The lowest BCUT2D eigenvalue weighted by atomic mass is 9.88. The van der Waals surface area contributed by atoms with Crippen LogP contribution in [0.1, 0.15) is 22.7 Å². The van der Waals surface area contributed by atoms with Gasteiger partial charge in [0.1, 0.15) is 6.04 Å². The molecule has 0 bridgehead atoms. The zero-order valence-electron chi connectivity index (χ0n) is 12.3. The van der Waals surface area contributed by atoms with Gasteiger partial charge in [0, 0.05) is 5.69 Å². The second-order valence-corrected chi connectivity index (χ2v) is 5.63. The van der Waals surface area contributed by atoms with Crippen molar-refractivity contribution in [3.05, 3.63) is 65.2 Å². The second kappa shape index (κ2) is 5.38. The van der Waals surface area contributed by atoms with Crippen molar-refractivity contribution in [2.45, 2.75) is 25.2 Å². The van der Waals surface area contributed by atoms with Crippen LogP contribution in [0.4, 0.5) is 18.9 Å². The number of benzene rings is 2. The molecule has 0 radical (unpaired) electrons. The number of anilines is 1. The largest absolute Gasteiger partial charge is 0.416 e. The van der Waals surface area contributed by atoms with Crippen molar-refractivity contribution in [3.63, 3.8) is 0 Å². The molecule has 1 aliphatic heterocycles. The fourth-order valence-electron chi connectivity index (χ4n) is 2.73. The Morgan fingerprint density at radius 2 is 1.57 bits per heavy atom. The molecule has 2 aromatic carbocycles. The van der Waals surface area contributed by atoms with E-state index >= 15 is 0 Å². The van der Waals surface area contributed by atoms with Gasteiger partial charge in [0.2, 0.25) is 5.91 Å². The molecule has 0 aromatic heterocycles. The number of nitrogens with two attached hydrogens (primary N) is 1. The number of hydrogen-bond acceptors (Lipinski definition) is 2. The van der Waals surface area contributed by atoms with E-state index < -0.39 is 23.8 Å². The SMILES string of the molecule is Cc1ccc(N2C(=O)[C@H](N)[C@H]2c2ccc(C(F)(F)F)cc2)cc1. The molecule has 1 heterocycles. The van der Waals surface area contributed by atoms with Gasteiger partial charge in [-0.3, -0.25) is 4.79 Å². The monoisotopic (exact) mass is 320 g/mol. The first-order valence-electron chi connectivity index (χ1n) is 7.11. The predicted molar refractivity (Wildman–Crippen MR) is 80.8 cm³/mol. The summed E-state index contributed by atoms with van der Waals surface area (Å²) < 4.78 is 37.9. The van der Waals surface area contributed by atoms with Gasteiger partial charge in [-0.25, -0.2) is 0 Å². The highest BCUT2D eigenvalue weighted by Crippen LogP contribution is 2.39. The fourth-order valence-corrected chi connectivity index (χ4v) is 2.73. The molecular formula is C17H15F3N2O. The highest BCUT2D eigenvalue weighted by Gasteiger charge is 2.46. The van der Waals surface area contributed by atoms with Crippen molar-refractivity contribution < 1.29 is 18.0 Å². The molecule has 0 spiro atoms. The van der Waals surface area contributed by atoms with Crippen molar-refractivity contribution in [2.24, 2.45) is 5.73 Å². The normalized spacial score (nSPS) is 21.3. The fraction of sp³-hybridized carbons (Fsp3) is 0.235. The highest BCUT2D eigenvalue weighted by atomic mass is 19.4. The van der Waals surface area contributed by atoms with E-state index in [1.54, 1.807) is 12.1 Å². The molecule has 1 saturated heterocycles. The molecule has 6 heteroatoms. The molecular weight excluding hydrogens is 305 g/mol. The van der Waals surface area contributed by atoms with Gasteiger partial charge in [-0.1, -0.05) is 29.8 Å². The second-order valence-electron chi connectivity index (χ2n) is 5.63. The minimum Gasteiger partial charge on any atom is -0.318 e. The third kappa shape index (κ3) is 2.70. The van der Waals surface area contributed by atoms with Gasteiger partial charge in [-0.2, -0.15) is 13.2 Å². The Labute approximate surface area is 131 Å². The smallest absolute Gasteiger partial charge is 0.318 e. The third-order valence-electron chi connectivity index (χ3n) is 4.03. The highest BCUT2D eigenvalue weighted by molar-refractivity contribution is 6.05. The zero-order chi connectivity index (χ0) is 16.8. The number of aryl methyl sites for hydroxylation is 1. The average Bonchev–Trinajstić information content (AvgIpc) is 2.52. The first-order chi connectivity index (χ1) is 10.8. The number of halogens is 3. The lowest BCUT2D eigenvalue weighted by molar-refractivity contribution is -0.137. The average molecular weight is 320 g/mol. The van der Waals surface area contributed by atoms with E-state index in [4.69, 9.17) is 5.73 Å². The summed E-state index contributed by atoms with van der Waals surface area (Å²) in [7, 11) is 0. The molecule has 3 nitrogen and oxygen atoms in total. The molecule has 0 saturated carbocycles. The van der Waals surface area contributed by atoms with Crippen LogP contribution in [0, 0.1) is 6.92 Å². The van der Waals surface area contributed by atoms with Gasteiger partial charge in [0.05, 0.1) is 11.6 Å². The minimum atomic E-state index is -4.38. The van der Waals surface area contributed by atoms with Crippen LogP contribution < -0.4 is 10.6 Å². The molecule has 3 rings (SSSR count). The molecule has 1 aliphatic rings. The predicted octanol–water partition coefficient (Wildman–Crippen LogP) is 3.43. The van der Waals surface area contributed by atoms with Crippen LogP contribution in [-0.2, 0) is 11.0 Å². The van der Waals surface area contributed by atoms with Gasteiger partial charge in [-0.05, 0) is 36.8 Å². The van der Waals surface area contributed by atoms with E-state index in [1.165, 1.54) is 17.0 Å². The standard InChI is InChI=1S/C17H15F3N2O/c1-10-2-8-13(9-3-10)22-15(14(21)16(22)23)11-4-6-12(7-5-11)17(18,19)20/h2-9,14-15H,21H2,1H3/t14-,15-/m1/s1. The number of amides is 1. The van der Waals surface area contributed by atoms with Crippen LogP contribution >= 0.6 is 0 Å². The summed E-state index contributed by atoms with van der Waals surface area (Å²) in [6.07, 6.45) is -4.38. The number of carbonyl (C=O) groups is 1. The van der Waals surface area contributed by atoms with Gasteiger partial charge >= 0.3 is 6.18 Å². The van der Waals surface area contributed by atoms with Gasteiger partial charge in [0.15, 0.2) is 0 Å². The van der Waals surface area contributed by atoms with Gasteiger partial charge in [-0.15, -0.1) is 0 Å². The quantitative estimate of drug-likeness (QED) is 0.862. The van der Waals surface area contributed by atoms with Crippen molar-refractivity contribution in [2.75, 3.05) is 4.90 Å². The minimum absolute atomic E-state index is 0.237. The van der Waals surface area contributed by atoms with Crippen LogP contribution in [0.3, 0.4) is 0 Å². The van der Waals surface area contributed by atoms with Crippen molar-refractivity contribution in [1.29, 1.82) is 0 Å². The summed E-state index contributed by atoms with van der Waals surface area (Å²) in [4.78, 5) is 13.6. The van der Waals surface area contributed by atoms with Crippen molar-refractivity contribution >= 4 is 11.6 Å². The Bertz CT molecular complexity index is 723. The number of hydrogen-bond donors (Lipinski definition) is 1. The first-order valence-corrected chi connectivity index (χ1v) is 7.11. The molecule has 1 amide bonds. The third-order valence-corrected chi connectivity index (χ3v) is 4.03. The zero-order valence-corrected chi connectivity index (χ0v) is 12.3. The van der Waals surface area contributed by atoms with Crippen molar-refractivity contribution in [3.8, 4) is 0 Å². The maximum atomic E-state index is 12.6. The van der Waals surface area contributed by atoms with E-state index in [0.29, 0.717) is 11.3 Å². The number of alkyl halides is 3. The molecule has 0 unspecified atom stereocenters. The molecule has 0 aliphatic carbocycles.